The molecule has 0 fully saturated rings. The number of halogens is 3. The summed E-state index contributed by atoms with van der Waals surface area (Å²) in [4.78, 5) is 0. The normalized spacial score (nSPS) is 5.50. The zero-order valence-corrected chi connectivity index (χ0v) is 10.6. The summed E-state index contributed by atoms with van der Waals surface area (Å²) in [5.74, 6) is 0. The van der Waals surface area contributed by atoms with Crippen LogP contribution in [0.1, 0.15) is 0 Å². The van der Waals surface area contributed by atoms with Crippen molar-refractivity contribution >= 4 is 25.4 Å². The van der Waals surface area contributed by atoms with Gasteiger partial charge in [0.1, 0.15) is 0 Å². The maximum Gasteiger partial charge on any atom is 1.00 e. The van der Waals surface area contributed by atoms with E-state index in [1.807, 2.05) is 0 Å². The van der Waals surface area contributed by atoms with Crippen molar-refractivity contribution in [2.75, 3.05) is 0 Å². The molecule has 0 saturated carbocycles. The Bertz CT molecular complexity index is 6.00. The van der Waals surface area contributed by atoms with Crippen LogP contribution in [0.5, 0.6) is 0 Å². The third-order valence-electron chi connectivity index (χ3n) is 0. The summed E-state index contributed by atoms with van der Waals surface area (Å²) >= 11 is 6.56. The van der Waals surface area contributed by atoms with Crippen molar-refractivity contribution in [3.8, 4) is 0 Å². The van der Waals surface area contributed by atoms with E-state index in [1.165, 1.54) is 0 Å². The first-order valence-corrected chi connectivity index (χ1v) is 9.96. The molecule has 0 unspecified atom stereocenters. The van der Waals surface area contributed by atoms with Crippen molar-refractivity contribution in [3.63, 3.8) is 0 Å². The van der Waals surface area contributed by atoms with Crippen molar-refractivity contribution in [2.45, 2.75) is 0 Å². The molecule has 4 heteroatoms. The minimum atomic E-state index is 0. The third kappa shape index (κ3) is 9.01. The summed E-state index contributed by atoms with van der Waals surface area (Å²) in [6, 6.07) is 0. The van der Waals surface area contributed by atoms with Gasteiger partial charge in [0.15, 0.2) is 0 Å². The first-order chi connectivity index (χ1) is 1.41. The van der Waals surface area contributed by atoms with Crippen LogP contribution in [0, 0.1) is 0 Å². The van der Waals surface area contributed by atoms with E-state index in [0.29, 0.717) is 0 Å². The molecule has 0 nitrogen and oxygen atoms in total. The number of hydrogen-bond donors (Lipinski definition) is 0. The van der Waals surface area contributed by atoms with Gasteiger partial charge >= 0.3 is 93.5 Å². The molecular weight excluding hydrogens is 326 g/mol. The van der Waals surface area contributed by atoms with Crippen LogP contribution in [0.2, 0.25) is 0 Å². The first kappa shape index (κ1) is 10.3. The standard InChI is InChI=1S/Br2I.K/c1-3-2;/q-1;+1. The van der Waals surface area contributed by atoms with Gasteiger partial charge in [-0.15, -0.1) is 0 Å². The zero-order chi connectivity index (χ0) is 2.71. The van der Waals surface area contributed by atoms with Crippen LogP contribution in [0.4, 0.5) is 0 Å². The molecule has 0 aromatic carbocycles. The Labute approximate surface area is 90.7 Å². The molecular formula is Br2IK. The molecule has 0 N–H and O–H groups in total. The Hall–Kier alpha value is 3.33. The Kier molecular flexibility index (Phi) is 24.8. The van der Waals surface area contributed by atoms with Gasteiger partial charge in [-0.25, -0.2) is 0 Å². The van der Waals surface area contributed by atoms with Crippen LogP contribution in [0.3, 0.4) is 0 Å². The predicted molar refractivity (Wildman–Crippen MR) is 17.9 cm³/mol. The second kappa shape index (κ2) is 9.59. The summed E-state index contributed by atoms with van der Waals surface area (Å²) < 4.78 is 0. The van der Waals surface area contributed by atoms with Gasteiger partial charge in [-0.05, 0) is 0 Å². The molecule has 22 valence electrons. The van der Waals surface area contributed by atoms with Crippen molar-refractivity contribution in [3.05, 3.63) is 0 Å². The molecule has 0 bridgehead atoms. The maximum absolute atomic E-state index is 3.17. The van der Waals surface area contributed by atoms with E-state index < -0.39 is 0 Å². The van der Waals surface area contributed by atoms with Gasteiger partial charge < -0.3 is 0 Å². The molecule has 0 amide bonds. The Morgan fingerprint density at radius 2 is 1.25 bits per heavy atom. The SMILES string of the molecule is Br[I-]Br.[K+]. The monoisotopic (exact) mass is 324 g/mol. The van der Waals surface area contributed by atoms with Gasteiger partial charge in [0.05, 0.1) is 0 Å². The predicted octanol–water partition coefficient (Wildman–Crippen LogP) is -4.30. The van der Waals surface area contributed by atoms with E-state index in [0.717, 1.165) is 0 Å². The molecule has 0 radical (unpaired) electrons. The Balaban J connectivity index is 0. The van der Waals surface area contributed by atoms with Gasteiger partial charge in [0.25, 0.3) is 0 Å². The van der Waals surface area contributed by atoms with Crippen LogP contribution in [-0.4, -0.2) is 0 Å². The van der Waals surface area contributed by atoms with Crippen LogP contribution < -0.4 is 68.1 Å². The van der Waals surface area contributed by atoms with Crippen molar-refractivity contribution in [1.29, 1.82) is 0 Å². The maximum atomic E-state index is 3.17. The molecule has 0 rings (SSSR count). The van der Waals surface area contributed by atoms with Crippen molar-refractivity contribution in [1.82, 2.24) is 0 Å². The van der Waals surface area contributed by atoms with E-state index in [4.69, 9.17) is 0 Å². The van der Waals surface area contributed by atoms with Gasteiger partial charge in [-0.1, -0.05) is 0 Å². The minimum absolute atomic E-state index is 0. The molecule has 0 aromatic heterocycles. The fourth-order valence-electron chi connectivity index (χ4n) is 0. The summed E-state index contributed by atoms with van der Waals surface area (Å²) in [7, 11) is 0. The Morgan fingerprint density at radius 3 is 1.25 bits per heavy atom. The number of rotatable bonds is 0. The quantitative estimate of drug-likeness (QED) is 0.312. The molecule has 0 aliphatic heterocycles. The van der Waals surface area contributed by atoms with Crippen LogP contribution >= 0.6 is 25.4 Å². The fourth-order valence-corrected chi connectivity index (χ4v) is 0. The molecule has 0 aliphatic carbocycles. The van der Waals surface area contributed by atoms with Gasteiger partial charge in [-0.3, -0.25) is 0 Å². The first-order valence-electron chi connectivity index (χ1n) is 0.286. The minimum Gasteiger partial charge on any atom is 1.00 e. The van der Waals surface area contributed by atoms with E-state index in [1.54, 1.807) is 0 Å². The molecule has 4 heavy (non-hydrogen) atoms. The summed E-state index contributed by atoms with van der Waals surface area (Å²) in [5.41, 5.74) is 0. The smallest absolute Gasteiger partial charge is 1.00 e. The molecule has 0 aliphatic rings. The Morgan fingerprint density at radius 1 is 1.25 bits per heavy atom. The van der Waals surface area contributed by atoms with E-state index in [2.05, 4.69) is 25.4 Å². The van der Waals surface area contributed by atoms with E-state index in [9.17, 15) is 0 Å². The average Bonchev–Trinajstić information content (AvgIpc) is 0.918. The van der Waals surface area contributed by atoms with Crippen molar-refractivity contribution in [2.24, 2.45) is 0 Å². The van der Waals surface area contributed by atoms with Crippen molar-refractivity contribution < 1.29 is 68.1 Å². The third-order valence-corrected chi connectivity index (χ3v) is 0. The van der Waals surface area contributed by atoms with E-state index >= 15 is 0 Å². The van der Waals surface area contributed by atoms with Crippen LogP contribution in [-0.2, 0) is 0 Å². The summed E-state index contributed by atoms with van der Waals surface area (Å²) in [6.07, 6.45) is 0. The topological polar surface area (TPSA) is 0 Å². The molecule has 0 aromatic rings. The second-order valence-electron chi connectivity index (χ2n) is 0.0540. The molecule has 0 heterocycles. The average molecular weight is 326 g/mol. The van der Waals surface area contributed by atoms with E-state index in [-0.39, 0.29) is 68.1 Å². The van der Waals surface area contributed by atoms with Gasteiger partial charge in [0, 0.05) is 0 Å². The molecule has 0 saturated heterocycles. The van der Waals surface area contributed by atoms with Crippen LogP contribution in [0.25, 0.3) is 0 Å². The van der Waals surface area contributed by atoms with Crippen LogP contribution in [0.15, 0.2) is 0 Å². The summed E-state index contributed by atoms with van der Waals surface area (Å²) in [6.45, 7) is 0. The fraction of sp³-hybridized carbons (Fsp3) is 0. The van der Waals surface area contributed by atoms with Gasteiger partial charge in [0.2, 0.25) is 0 Å². The van der Waals surface area contributed by atoms with Gasteiger partial charge in [-0.2, -0.15) is 0 Å². The summed E-state index contributed by atoms with van der Waals surface area (Å²) in [5, 5.41) is 0. The molecule has 0 spiro atoms. The zero-order valence-electron chi connectivity index (χ0n) is 2.13. The largest absolute Gasteiger partial charge is 1.00 e. The molecule has 0 atom stereocenters. The second-order valence-corrected chi connectivity index (χ2v) is 9.78. The number of hydrogen-bond acceptors (Lipinski definition) is 0.